The second-order valence-electron chi connectivity index (χ2n) is 9.15. The Labute approximate surface area is 216 Å². The van der Waals surface area contributed by atoms with Crippen molar-refractivity contribution in [3.8, 4) is 5.75 Å². The summed E-state index contributed by atoms with van der Waals surface area (Å²) in [6.07, 6.45) is 11.4. The molecule has 2 aromatic carbocycles. The lowest BCUT2D eigenvalue weighted by atomic mass is 9.80. The molecular formula is C30H30N2O5. The van der Waals surface area contributed by atoms with E-state index in [2.05, 4.69) is 11.8 Å². The predicted molar refractivity (Wildman–Crippen MR) is 145 cm³/mol. The highest BCUT2D eigenvalue weighted by atomic mass is 16.5. The van der Waals surface area contributed by atoms with E-state index in [-0.39, 0.29) is 22.9 Å². The maximum atomic E-state index is 13.4. The largest absolute Gasteiger partial charge is 0.507 e. The number of Topliss-reactive ketones (excluding diaryl/α,β-unsaturated/α-hetero) is 1. The number of ketones is 1. The zero-order valence-corrected chi connectivity index (χ0v) is 20.8. The van der Waals surface area contributed by atoms with Gasteiger partial charge in [0.2, 0.25) is 0 Å². The number of ether oxygens (including phenoxy) is 1. The fourth-order valence-electron chi connectivity index (χ4n) is 5.14. The highest BCUT2D eigenvalue weighted by Gasteiger charge is 2.49. The van der Waals surface area contributed by atoms with Crippen LogP contribution in [0, 0.1) is 10.8 Å². The van der Waals surface area contributed by atoms with Crippen LogP contribution in [0.25, 0.3) is 11.5 Å². The number of methoxy groups -OCH3 is 1. The molecule has 37 heavy (non-hydrogen) atoms. The maximum Gasteiger partial charge on any atom is 0.299 e. The molecule has 1 aliphatic carbocycles. The molecule has 1 heterocycles. The minimum atomic E-state index is -0.697. The number of nitroso groups, excluding NO2 is 1. The van der Waals surface area contributed by atoms with Crippen molar-refractivity contribution in [1.82, 2.24) is 0 Å². The average molecular weight is 499 g/mol. The molecule has 1 N–H and O–H groups in total. The average Bonchev–Trinajstić information content (AvgIpc) is 3.21. The van der Waals surface area contributed by atoms with Crippen LogP contribution in [0.1, 0.15) is 43.2 Å². The van der Waals surface area contributed by atoms with Gasteiger partial charge >= 0.3 is 0 Å². The third kappa shape index (κ3) is 5.31. The van der Waals surface area contributed by atoms with Crippen molar-refractivity contribution in [1.29, 1.82) is 0 Å². The van der Waals surface area contributed by atoms with Gasteiger partial charge in [-0.2, -0.15) is 0 Å². The van der Waals surface area contributed by atoms with E-state index in [1.165, 1.54) is 4.90 Å². The summed E-state index contributed by atoms with van der Waals surface area (Å²) in [5.74, 6) is -0.885. The van der Waals surface area contributed by atoms with E-state index < -0.39 is 17.7 Å². The summed E-state index contributed by atoms with van der Waals surface area (Å²) in [5.41, 5.74) is 1.93. The Kier molecular flexibility index (Phi) is 8.13. The van der Waals surface area contributed by atoms with Gasteiger partial charge < -0.3 is 9.84 Å². The predicted octanol–water partition coefficient (Wildman–Crippen LogP) is 6.38. The second kappa shape index (κ2) is 11.6. The fourth-order valence-corrected chi connectivity index (χ4v) is 5.14. The smallest absolute Gasteiger partial charge is 0.299 e. The van der Waals surface area contributed by atoms with Crippen LogP contribution >= 0.6 is 0 Å². The molecule has 2 aromatic rings. The zero-order chi connectivity index (χ0) is 26.4. The van der Waals surface area contributed by atoms with Gasteiger partial charge in [0.25, 0.3) is 11.7 Å². The Morgan fingerprint density at radius 3 is 2.24 bits per heavy atom. The Morgan fingerprint density at radius 1 is 1.00 bits per heavy atom. The van der Waals surface area contributed by atoms with Crippen LogP contribution in [0.4, 0.5) is 5.69 Å². The molecule has 0 spiro atoms. The van der Waals surface area contributed by atoms with E-state index in [0.29, 0.717) is 22.6 Å². The van der Waals surface area contributed by atoms with Gasteiger partial charge in [-0.1, -0.05) is 56.2 Å². The van der Waals surface area contributed by atoms with Crippen molar-refractivity contribution in [2.24, 2.45) is 11.1 Å². The van der Waals surface area contributed by atoms with E-state index in [1.54, 1.807) is 79.9 Å². The van der Waals surface area contributed by atoms with Crippen molar-refractivity contribution < 1.29 is 19.4 Å². The van der Waals surface area contributed by atoms with Crippen molar-refractivity contribution in [2.75, 3.05) is 12.0 Å². The quantitative estimate of drug-likeness (QED) is 0.150. The number of nitrogens with zero attached hydrogens (tertiary/aromatic N) is 2. The Hall–Kier alpha value is -4.26. The summed E-state index contributed by atoms with van der Waals surface area (Å²) in [7, 11) is 1.55. The molecule has 1 unspecified atom stereocenters. The number of rotatable bonds is 8. The first-order valence-corrected chi connectivity index (χ1v) is 12.4. The van der Waals surface area contributed by atoms with Gasteiger partial charge in [0.1, 0.15) is 17.2 Å². The lowest BCUT2D eigenvalue weighted by molar-refractivity contribution is -0.132. The topological polar surface area (TPSA) is 96.3 Å². The summed E-state index contributed by atoms with van der Waals surface area (Å²) in [6.45, 7) is 3.60. The maximum absolute atomic E-state index is 13.4. The number of amides is 1. The first-order valence-electron chi connectivity index (χ1n) is 12.4. The van der Waals surface area contributed by atoms with Crippen LogP contribution in [0.3, 0.4) is 0 Å². The van der Waals surface area contributed by atoms with Crippen molar-refractivity contribution in [3.05, 3.63) is 101 Å². The molecule has 4 rings (SSSR count). The normalized spacial score (nSPS) is 20.4. The Balaban J connectivity index is 1.76. The van der Waals surface area contributed by atoms with E-state index in [9.17, 15) is 19.6 Å². The molecular weight excluding hydrogens is 468 g/mol. The van der Waals surface area contributed by atoms with Crippen molar-refractivity contribution in [2.45, 2.75) is 38.1 Å². The number of hydrogen-bond acceptors (Lipinski definition) is 6. The number of carbonyl (C=O) groups excluding carboxylic acids is 2. The first-order chi connectivity index (χ1) is 18.0. The van der Waals surface area contributed by atoms with E-state index in [0.717, 1.165) is 32.1 Å². The summed E-state index contributed by atoms with van der Waals surface area (Å²) < 4.78 is 5.20. The Bertz CT molecular complexity index is 1270. The standard InChI is InChI=1S/C30H30N2O5/c1-3-4-6-11-25(31-36)20-12-16-23(17-13-20)32-27(21-9-7-5-8-10-21)26(29(34)30(32)35)28(33)22-14-18-24(37-2)19-15-22/h3-4,6,11-19,21,27,33H,1,5,7-10H2,2H3/b6-4-,25-11-,28-26?. The summed E-state index contributed by atoms with van der Waals surface area (Å²) >= 11 is 0. The zero-order valence-electron chi connectivity index (χ0n) is 20.8. The molecule has 7 nitrogen and oxygen atoms in total. The summed E-state index contributed by atoms with van der Waals surface area (Å²) in [6, 6.07) is 13.0. The van der Waals surface area contributed by atoms with E-state index in [4.69, 9.17) is 4.74 Å². The molecule has 2 fully saturated rings. The molecule has 190 valence electrons. The number of carbonyl (C=O) groups is 2. The molecule has 7 heteroatoms. The van der Waals surface area contributed by atoms with Crippen LogP contribution < -0.4 is 9.64 Å². The van der Waals surface area contributed by atoms with Gasteiger partial charge in [-0.25, -0.2) is 0 Å². The van der Waals surface area contributed by atoms with Gasteiger partial charge in [-0.05, 0) is 66.4 Å². The number of hydrogen-bond donors (Lipinski definition) is 1. The highest BCUT2D eigenvalue weighted by molar-refractivity contribution is 6.51. The SMILES string of the molecule is C=C/C=C\C=C(/N=O)c1ccc(N2C(=O)C(=O)C(=C(O)c3ccc(OC)cc3)C2C2CCCCC2)cc1. The van der Waals surface area contributed by atoms with E-state index >= 15 is 0 Å². The monoisotopic (exact) mass is 498 g/mol. The molecule has 2 aliphatic rings. The van der Waals surface area contributed by atoms with Crippen LogP contribution in [0.2, 0.25) is 0 Å². The molecule has 1 saturated heterocycles. The van der Waals surface area contributed by atoms with Crippen molar-refractivity contribution >= 4 is 28.8 Å². The van der Waals surface area contributed by atoms with Crippen molar-refractivity contribution in [3.63, 3.8) is 0 Å². The molecule has 0 radical (unpaired) electrons. The third-order valence-corrected chi connectivity index (χ3v) is 6.99. The molecule has 1 aliphatic heterocycles. The molecule has 1 amide bonds. The summed E-state index contributed by atoms with van der Waals surface area (Å²) in [4.78, 5) is 39.6. The molecule has 0 aromatic heterocycles. The van der Waals surface area contributed by atoms with Gasteiger partial charge in [-0.15, -0.1) is 4.91 Å². The van der Waals surface area contributed by atoms with Crippen LogP contribution in [-0.2, 0) is 9.59 Å². The van der Waals surface area contributed by atoms with Crippen LogP contribution in [0.5, 0.6) is 5.75 Å². The highest BCUT2D eigenvalue weighted by Crippen LogP contribution is 2.41. The minimum absolute atomic E-state index is 0.0374. The van der Waals surface area contributed by atoms with Gasteiger partial charge in [0.15, 0.2) is 0 Å². The fraction of sp³-hybridized carbons (Fsp3) is 0.267. The van der Waals surface area contributed by atoms with Gasteiger partial charge in [0, 0.05) is 16.8 Å². The van der Waals surface area contributed by atoms with Crippen LogP contribution in [0.15, 0.2) is 90.2 Å². The number of benzene rings is 2. The van der Waals surface area contributed by atoms with Gasteiger partial charge in [-0.3, -0.25) is 14.5 Å². The van der Waals surface area contributed by atoms with Gasteiger partial charge in [0.05, 0.1) is 18.7 Å². The molecule has 1 atom stereocenters. The number of allylic oxidation sites excluding steroid dienone is 4. The number of aliphatic hydroxyl groups is 1. The lowest BCUT2D eigenvalue weighted by Crippen LogP contribution is -2.40. The van der Waals surface area contributed by atoms with E-state index in [1.807, 2.05) is 0 Å². The Morgan fingerprint density at radius 2 is 1.65 bits per heavy atom. The minimum Gasteiger partial charge on any atom is -0.507 e. The molecule has 1 saturated carbocycles. The second-order valence-corrected chi connectivity index (χ2v) is 9.15. The molecule has 0 bridgehead atoms. The number of aliphatic hydroxyl groups excluding tert-OH is 1. The first kappa shape index (κ1) is 25.8. The lowest BCUT2D eigenvalue weighted by Gasteiger charge is -2.34. The summed E-state index contributed by atoms with van der Waals surface area (Å²) in [5, 5.41) is 14.4. The number of anilines is 1. The van der Waals surface area contributed by atoms with Crippen LogP contribution in [-0.4, -0.2) is 29.9 Å². The third-order valence-electron chi connectivity index (χ3n) is 6.99.